The molecule has 0 heterocycles. The molecule has 0 spiro atoms. The monoisotopic (exact) mass is 277 g/mol. The molecule has 102 valence electrons. The highest BCUT2D eigenvalue weighted by Crippen LogP contribution is 2.28. The Labute approximate surface area is 122 Å². The Balaban J connectivity index is 2.36. The van der Waals surface area contributed by atoms with Gasteiger partial charge in [-0.25, -0.2) is 0 Å². The summed E-state index contributed by atoms with van der Waals surface area (Å²) in [5.41, 5.74) is 1.35. The van der Waals surface area contributed by atoms with E-state index < -0.39 is 5.91 Å². The second kappa shape index (κ2) is 6.23. The fourth-order valence-electron chi connectivity index (χ4n) is 1.84. The summed E-state index contributed by atoms with van der Waals surface area (Å²) in [7, 11) is 1.46. The molecule has 5 heteroatoms. The van der Waals surface area contributed by atoms with E-state index in [1.54, 1.807) is 36.4 Å². The van der Waals surface area contributed by atoms with E-state index in [1.165, 1.54) is 13.2 Å². The fraction of sp³-hybridized carbons (Fsp3) is 0.0625. The lowest BCUT2D eigenvalue weighted by atomic mass is 10.1. The number of hydrogen-bond donors (Lipinski definition) is 1. The van der Waals surface area contributed by atoms with Gasteiger partial charge in [-0.15, -0.1) is 0 Å². The van der Waals surface area contributed by atoms with Crippen LogP contribution in [0.1, 0.15) is 21.5 Å². The highest BCUT2D eigenvalue weighted by atomic mass is 16.5. The van der Waals surface area contributed by atoms with Gasteiger partial charge in [0.05, 0.1) is 24.3 Å². The largest absolute Gasteiger partial charge is 0.495 e. The zero-order valence-corrected chi connectivity index (χ0v) is 11.3. The van der Waals surface area contributed by atoms with Crippen LogP contribution in [-0.2, 0) is 0 Å². The van der Waals surface area contributed by atoms with Crippen molar-refractivity contribution in [2.24, 2.45) is 0 Å². The molecule has 2 rings (SSSR count). The van der Waals surface area contributed by atoms with Gasteiger partial charge in [-0.05, 0) is 30.3 Å². The third-order valence-electron chi connectivity index (χ3n) is 2.86. The van der Waals surface area contributed by atoms with E-state index in [0.29, 0.717) is 28.1 Å². The summed E-state index contributed by atoms with van der Waals surface area (Å²) >= 11 is 0. The minimum absolute atomic E-state index is 0.305. The van der Waals surface area contributed by atoms with Gasteiger partial charge in [0, 0.05) is 5.56 Å². The van der Waals surface area contributed by atoms with Crippen molar-refractivity contribution in [2.45, 2.75) is 0 Å². The normalized spacial score (nSPS) is 9.29. The van der Waals surface area contributed by atoms with Crippen molar-refractivity contribution in [1.82, 2.24) is 0 Å². The summed E-state index contributed by atoms with van der Waals surface area (Å²) < 4.78 is 5.15. The van der Waals surface area contributed by atoms with Crippen LogP contribution in [0.15, 0.2) is 42.5 Å². The first-order valence-electron chi connectivity index (χ1n) is 6.08. The van der Waals surface area contributed by atoms with Crippen molar-refractivity contribution >= 4 is 11.6 Å². The van der Waals surface area contributed by atoms with Crippen LogP contribution in [0.5, 0.6) is 5.75 Å². The summed E-state index contributed by atoms with van der Waals surface area (Å²) in [6, 6.07) is 15.2. The number of para-hydroxylation sites is 1. The molecule has 0 saturated heterocycles. The second-order valence-electron chi connectivity index (χ2n) is 4.14. The molecule has 0 aliphatic rings. The van der Waals surface area contributed by atoms with Crippen LogP contribution in [0.3, 0.4) is 0 Å². The molecule has 21 heavy (non-hydrogen) atoms. The van der Waals surface area contributed by atoms with Crippen LogP contribution in [0.2, 0.25) is 0 Å². The van der Waals surface area contributed by atoms with Gasteiger partial charge < -0.3 is 10.1 Å². The van der Waals surface area contributed by atoms with Crippen molar-refractivity contribution in [1.29, 1.82) is 10.5 Å². The van der Waals surface area contributed by atoms with E-state index in [0.717, 1.165) is 0 Å². The topological polar surface area (TPSA) is 85.9 Å². The van der Waals surface area contributed by atoms with E-state index in [1.807, 2.05) is 12.1 Å². The predicted octanol–water partition coefficient (Wildman–Crippen LogP) is 2.69. The van der Waals surface area contributed by atoms with Crippen LogP contribution in [0, 0.1) is 22.7 Å². The minimum Gasteiger partial charge on any atom is -0.495 e. The van der Waals surface area contributed by atoms with E-state index >= 15 is 0 Å². The summed E-state index contributed by atoms with van der Waals surface area (Å²) in [5, 5.41) is 20.6. The third-order valence-corrected chi connectivity index (χ3v) is 2.86. The number of benzene rings is 2. The number of nitriles is 2. The molecule has 2 aromatic rings. The zero-order chi connectivity index (χ0) is 15.2. The van der Waals surface area contributed by atoms with Crippen molar-refractivity contribution in [3.8, 4) is 17.9 Å². The van der Waals surface area contributed by atoms with E-state index in [2.05, 4.69) is 5.32 Å². The standard InChI is InChI=1S/C16H11N3O2/c1-21-14-7-3-6-13(10-18)15(14)19-16(20)12-5-2-4-11(8-12)9-17/h2-8H,1H3,(H,19,20). The number of nitrogens with one attached hydrogen (secondary N) is 1. The molecule has 0 fully saturated rings. The highest BCUT2D eigenvalue weighted by Gasteiger charge is 2.13. The molecule has 0 radical (unpaired) electrons. The molecule has 5 nitrogen and oxygen atoms in total. The Morgan fingerprint density at radius 2 is 1.90 bits per heavy atom. The lowest BCUT2D eigenvalue weighted by Crippen LogP contribution is -2.14. The lowest BCUT2D eigenvalue weighted by Gasteiger charge is -2.11. The number of amides is 1. The Hall–Kier alpha value is -3.31. The molecular weight excluding hydrogens is 266 g/mol. The zero-order valence-electron chi connectivity index (χ0n) is 11.3. The maximum atomic E-state index is 12.2. The van der Waals surface area contributed by atoms with Crippen molar-refractivity contribution in [3.05, 3.63) is 59.2 Å². The molecule has 0 unspecified atom stereocenters. The smallest absolute Gasteiger partial charge is 0.255 e. The molecule has 0 bridgehead atoms. The molecule has 1 N–H and O–H groups in total. The molecule has 0 aliphatic heterocycles. The Kier molecular flexibility index (Phi) is 4.18. The minimum atomic E-state index is -0.409. The molecule has 1 amide bonds. The Morgan fingerprint density at radius 1 is 1.14 bits per heavy atom. The lowest BCUT2D eigenvalue weighted by molar-refractivity contribution is 0.102. The average Bonchev–Trinajstić information content (AvgIpc) is 2.54. The molecular formula is C16H11N3O2. The third kappa shape index (κ3) is 2.99. The van der Waals surface area contributed by atoms with E-state index in [9.17, 15) is 4.79 Å². The SMILES string of the molecule is COc1cccc(C#N)c1NC(=O)c1cccc(C#N)c1. The van der Waals surface area contributed by atoms with Crippen LogP contribution < -0.4 is 10.1 Å². The summed E-state index contributed by atoms with van der Waals surface area (Å²) in [6.07, 6.45) is 0. The van der Waals surface area contributed by atoms with Gasteiger partial charge in [0.15, 0.2) is 0 Å². The van der Waals surface area contributed by atoms with E-state index in [4.69, 9.17) is 15.3 Å². The van der Waals surface area contributed by atoms with Crippen LogP contribution in [0.4, 0.5) is 5.69 Å². The Bertz CT molecular complexity index is 770. The van der Waals surface area contributed by atoms with Crippen molar-refractivity contribution in [3.63, 3.8) is 0 Å². The number of methoxy groups -OCH3 is 1. The summed E-state index contributed by atoms with van der Waals surface area (Å²) in [6.45, 7) is 0. The number of carbonyl (C=O) groups excluding carboxylic acids is 1. The first-order chi connectivity index (χ1) is 10.2. The number of carbonyl (C=O) groups is 1. The maximum absolute atomic E-state index is 12.2. The highest BCUT2D eigenvalue weighted by molar-refractivity contribution is 6.06. The quantitative estimate of drug-likeness (QED) is 0.934. The Morgan fingerprint density at radius 3 is 2.57 bits per heavy atom. The summed E-state index contributed by atoms with van der Waals surface area (Å²) in [4.78, 5) is 12.2. The van der Waals surface area contributed by atoms with Gasteiger partial charge in [-0.1, -0.05) is 12.1 Å². The van der Waals surface area contributed by atoms with Crippen LogP contribution >= 0.6 is 0 Å². The van der Waals surface area contributed by atoms with Gasteiger partial charge in [0.1, 0.15) is 17.5 Å². The van der Waals surface area contributed by atoms with Crippen molar-refractivity contribution in [2.75, 3.05) is 12.4 Å². The van der Waals surface area contributed by atoms with Gasteiger partial charge in [-0.2, -0.15) is 10.5 Å². The van der Waals surface area contributed by atoms with Gasteiger partial charge >= 0.3 is 0 Å². The number of ether oxygens (including phenoxy) is 1. The number of anilines is 1. The van der Waals surface area contributed by atoms with Crippen LogP contribution in [0.25, 0.3) is 0 Å². The molecule has 0 atom stereocenters. The number of nitrogens with zero attached hydrogens (tertiary/aromatic N) is 2. The van der Waals surface area contributed by atoms with Gasteiger partial charge in [-0.3, -0.25) is 4.79 Å². The molecule has 0 saturated carbocycles. The van der Waals surface area contributed by atoms with Crippen LogP contribution in [-0.4, -0.2) is 13.0 Å². The molecule has 0 aliphatic carbocycles. The van der Waals surface area contributed by atoms with E-state index in [-0.39, 0.29) is 0 Å². The maximum Gasteiger partial charge on any atom is 0.255 e. The second-order valence-corrected chi connectivity index (χ2v) is 4.14. The number of rotatable bonds is 3. The summed E-state index contributed by atoms with van der Waals surface area (Å²) in [5.74, 6) is -0.00747. The molecule has 2 aromatic carbocycles. The van der Waals surface area contributed by atoms with Crippen molar-refractivity contribution < 1.29 is 9.53 Å². The van der Waals surface area contributed by atoms with Gasteiger partial charge in [0.2, 0.25) is 0 Å². The predicted molar refractivity (Wildman–Crippen MR) is 76.8 cm³/mol. The number of hydrogen-bond acceptors (Lipinski definition) is 4. The first kappa shape index (κ1) is 14.1. The average molecular weight is 277 g/mol. The molecule has 0 aromatic heterocycles. The fourth-order valence-corrected chi connectivity index (χ4v) is 1.84. The van der Waals surface area contributed by atoms with Gasteiger partial charge in [0.25, 0.3) is 5.91 Å². The first-order valence-corrected chi connectivity index (χ1v) is 6.08.